The van der Waals surface area contributed by atoms with Gasteiger partial charge in [0.15, 0.2) is 0 Å². The van der Waals surface area contributed by atoms with Gasteiger partial charge in [-0.1, -0.05) is 39.8 Å². The van der Waals surface area contributed by atoms with E-state index < -0.39 is 0 Å². The minimum Gasteiger partial charge on any atom is -0.329 e. The van der Waals surface area contributed by atoms with Crippen LogP contribution in [0.15, 0.2) is 24.3 Å². The molecule has 3 aliphatic heterocycles. The number of hydrogen-bond donors (Lipinski definition) is 0. The summed E-state index contributed by atoms with van der Waals surface area (Å²) >= 11 is 0. The van der Waals surface area contributed by atoms with Crippen LogP contribution in [-0.2, 0) is 9.59 Å². The van der Waals surface area contributed by atoms with Gasteiger partial charge in [-0.05, 0) is 48.3 Å². The average Bonchev–Trinajstić information content (AvgIpc) is 3.09. The maximum Gasteiger partial charge on any atom is 0.240 e. The Bertz CT molecular complexity index is 997. The molecular formula is C26H33FN4O2. The number of rotatable bonds is 5. The molecule has 6 nitrogen and oxygen atoms in total. The SMILES string of the molecule is C[C@@H](CN1C[C@@H]2C[C@H]1C(=O)N2[C@@H](c1ccc(F)cc1)C(C)(C)C)C(=O)N1C2C[C@H]2C[C@H]1C#N. The van der Waals surface area contributed by atoms with Gasteiger partial charge in [0.2, 0.25) is 11.8 Å². The molecular weight excluding hydrogens is 419 g/mol. The van der Waals surface area contributed by atoms with Crippen molar-refractivity contribution in [2.45, 2.75) is 77.2 Å². The Hall–Kier alpha value is -2.46. The number of carbonyl (C=O) groups is 2. The molecule has 7 atom stereocenters. The topological polar surface area (TPSA) is 67.7 Å². The van der Waals surface area contributed by atoms with Crippen molar-refractivity contribution in [2.75, 3.05) is 13.1 Å². The summed E-state index contributed by atoms with van der Waals surface area (Å²) in [4.78, 5) is 32.7. The third-order valence-electron chi connectivity index (χ3n) is 8.04. The van der Waals surface area contributed by atoms with Crippen LogP contribution in [0.1, 0.15) is 58.6 Å². The van der Waals surface area contributed by atoms with E-state index >= 15 is 0 Å². The first-order valence-electron chi connectivity index (χ1n) is 12.1. The Balaban J connectivity index is 1.29. The molecule has 1 unspecified atom stereocenters. The van der Waals surface area contributed by atoms with Crippen molar-refractivity contribution < 1.29 is 14.0 Å². The van der Waals surface area contributed by atoms with Crippen LogP contribution in [0.2, 0.25) is 0 Å². The maximum absolute atomic E-state index is 13.5. The smallest absolute Gasteiger partial charge is 0.240 e. The Labute approximate surface area is 195 Å². The third-order valence-corrected chi connectivity index (χ3v) is 8.04. The zero-order valence-corrected chi connectivity index (χ0v) is 19.9. The molecule has 3 heterocycles. The van der Waals surface area contributed by atoms with E-state index in [1.807, 2.05) is 16.7 Å². The number of hydrogen-bond acceptors (Lipinski definition) is 4. The van der Waals surface area contributed by atoms with E-state index in [9.17, 15) is 19.2 Å². The van der Waals surface area contributed by atoms with E-state index in [0.717, 1.165) is 31.4 Å². The van der Waals surface area contributed by atoms with Gasteiger partial charge in [0.05, 0.1) is 18.2 Å². The van der Waals surface area contributed by atoms with Crippen molar-refractivity contribution in [1.82, 2.24) is 14.7 Å². The summed E-state index contributed by atoms with van der Waals surface area (Å²) in [5.41, 5.74) is 0.755. The zero-order valence-electron chi connectivity index (χ0n) is 19.9. The van der Waals surface area contributed by atoms with E-state index in [0.29, 0.717) is 12.5 Å². The molecule has 176 valence electrons. The lowest BCUT2D eigenvalue weighted by atomic mass is 9.80. The van der Waals surface area contributed by atoms with E-state index in [4.69, 9.17) is 0 Å². The lowest BCUT2D eigenvalue weighted by molar-refractivity contribution is -0.144. The fraction of sp³-hybridized carbons (Fsp3) is 0.654. The predicted octanol–water partition coefficient (Wildman–Crippen LogP) is 3.35. The third kappa shape index (κ3) is 3.73. The molecule has 33 heavy (non-hydrogen) atoms. The number of nitrogens with zero attached hydrogens (tertiary/aromatic N) is 4. The number of piperazine rings is 1. The van der Waals surface area contributed by atoms with Gasteiger partial charge in [0.1, 0.15) is 11.9 Å². The highest BCUT2D eigenvalue weighted by Crippen LogP contribution is 2.49. The number of piperidine rings is 1. The number of fused-ring (bicyclic) bond motifs is 3. The van der Waals surface area contributed by atoms with Gasteiger partial charge in [0.25, 0.3) is 0 Å². The van der Waals surface area contributed by atoms with Crippen LogP contribution in [0, 0.1) is 34.4 Å². The number of benzene rings is 1. The molecule has 2 bridgehead atoms. The molecule has 4 fully saturated rings. The Morgan fingerprint density at radius 3 is 2.52 bits per heavy atom. The van der Waals surface area contributed by atoms with Crippen LogP contribution in [0.3, 0.4) is 0 Å². The Kier molecular flexibility index (Phi) is 5.28. The van der Waals surface area contributed by atoms with Gasteiger partial charge in [-0.2, -0.15) is 5.26 Å². The fourth-order valence-corrected chi connectivity index (χ4v) is 6.53. The van der Waals surface area contributed by atoms with Crippen molar-refractivity contribution in [3.8, 4) is 6.07 Å². The molecule has 4 aliphatic rings. The quantitative estimate of drug-likeness (QED) is 0.687. The first kappa shape index (κ1) is 22.3. The average molecular weight is 453 g/mol. The second-order valence-corrected chi connectivity index (χ2v) is 11.5. The molecule has 1 aliphatic carbocycles. The zero-order chi connectivity index (χ0) is 23.7. The lowest BCUT2D eigenvalue weighted by Crippen LogP contribution is -2.55. The van der Waals surface area contributed by atoms with Gasteiger partial charge in [-0.15, -0.1) is 0 Å². The van der Waals surface area contributed by atoms with Crippen molar-refractivity contribution in [2.24, 2.45) is 17.3 Å². The second kappa shape index (κ2) is 7.80. The van der Waals surface area contributed by atoms with E-state index in [1.165, 1.54) is 12.1 Å². The monoisotopic (exact) mass is 452 g/mol. The van der Waals surface area contributed by atoms with Crippen molar-refractivity contribution in [3.05, 3.63) is 35.6 Å². The van der Waals surface area contributed by atoms with Crippen LogP contribution in [0.4, 0.5) is 4.39 Å². The highest BCUT2D eigenvalue weighted by atomic mass is 19.1. The summed E-state index contributed by atoms with van der Waals surface area (Å²) in [5, 5.41) is 9.44. The molecule has 2 amide bonds. The van der Waals surface area contributed by atoms with E-state index in [-0.39, 0.29) is 59.2 Å². The lowest BCUT2D eigenvalue weighted by Gasteiger charge is -2.45. The summed E-state index contributed by atoms with van der Waals surface area (Å²) in [7, 11) is 0. The number of carbonyl (C=O) groups excluding carboxylic acids is 2. The number of likely N-dealkylation sites (tertiary alicyclic amines) is 3. The van der Waals surface area contributed by atoms with E-state index in [1.54, 1.807) is 12.1 Å². The molecule has 1 saturated carbocycles. The number of halogens is 1. The van der Waals surface area contributed by atoms with E-state index in [2.05, 4.69) is 31.7 Å². The summed E-state index contributed by atoms with van der Waals surface area (Å²) in [6.45, 7) is 9.57. The normalized spacial score (nSPS) is 32.6. The number of nitriles is 1. The molecule has 1 aromatic carbocycles. The standard InChI is InChI=1S/C26H33FN4O2/c1-15(24(32)30-19(12-28)9-17-10-21(17)30)13-29-14-20-11-22(29)25(33)31(20)23(26(2,3)4)16-5-7-18(27)8-6-16/h5-8,15,17,19-23H,9-11,13-14H2,1-4H3/t15-,17+,19-,20-,21?,22-,23-/m0/s1. The molecule has 1 aromatic rings. The molecule has 7 heteroatoms. The number of amides is 2. The molecule has 3 saturated heterocycles. The van der Waals surface area contributed by atoms with Crippen LogP contribution in [-0.4, -0.2) is 63.8 Å². The van der Waals surface area contributed by atoms with Gasteiger partial charge < -0.3 is 9.80 Å². The summed E-state index contributed by atoms with van der Waals surface area (Å²) in [5.74, 6) is 0.145. The van der Waals surface area contributed by atoms with Crippen LogP contribution < -0.4 is 0 Å². The van der Waals surface area contributed by atoms with Crippen LogP contribution in [0.25, 0.3) is 0 Å². The molecule has 0 spiro atoms. The van der Waals surface area contributed by atoms with Crippen LogP contribution >= 0.6 is 0 Å². The predicted molar refractivity (Wildman–Crippen MR) is 121 cm³/mol. The Morgan fingerprint density at radius 1 is 1.21 bits per heavy atom. The van der Waals surface area contributed by atoms with Crippen molar-refractivity contribution in [3.63, 3.8) is 0 Å². The summed E-state index contributed by atoms with van der Waals surface area (Å²) in [6.07, 6.45) is 2.60. The van der Waals surface area contributed by atoms with Crippen LogP contribution in [0.5, 0.6) is 0 Å². The first-order chi connectivity index (χ1) is 15.6. The Morgan fingerprint density at radius 2 is 1.91 bits per heavy atom. The van der Waals surface area contributed by atoms with Gasteiger partial charge in [-0.25, -0.2) is 4.39 Å². The van der Waals surface area contributed by atoms with Gasteiger partial charge >= 0.3 is 0 Å². The summed E-state index contributed by atoms with van der Waals surface area (Å²) < 4.78 is 13.5. The molecule has 0 radical (unpaired) electrons. The van der Waals surface area contributed by atoms with Crippen molar-refractivity contribution in [1.29, 1.82) is 5.26 Å². The largest absolute Gasteiger partial charge is 0.329 e. The minimum absolute atomic E-state index is 0.0532. The first-order valence-corrected chi connectivity index (χ1v) is 12.1. The molecule has 5 rings (SSSR count). The van der Waals surface area contributed by atoms with Gasteiger partial charge in [-0.3, -0.25) is 14.5 Å². The van der Waals surface area contributed by atoms with Crippen molar-refractivity contribution >= 4 is 11.8 Å². The highest BCUT2D eigenvalue weighted by Gasteiger charge is 2.56. The van der Waals surface area contributed by atoms with Gasteiger partial charge in [0, 0.05) is 31.1 Å². The minimum atomic E-state index is -0.292. The fourth-order valence-electron chi connectivity index (χ4n) is 6.53. The molecule has 0 N–H and O–H groups in total. The highest BCUT2D eigenvalue weighted by molar-refractivity contribution is 5.87. The second-order valence-electron chi connectivity index (χ2n) is 11.5. The molecule has 0 aromatic heterocycles. The summed E-state index contributed by atoms with van der Waals surface area (Å²) in [6, 6.07) is 8.50. The maximum atomic E-state index is 13.5.